The van der Waals surface area contributed by atoms with Crippen molar-refractivity contribution in [2.24, 2.45) is 0 Å². The molecule has 762 valence electrons. The molecule has 0 aliphatic carbocycles. The number of hydrogen-bond donors (Lipinski definition) is 4. The third-order valence-electron chi connectivity index (χ3n) is 24.5. The first kappa shape index (κ1) is 106. The van der Waals surface area contributed by atoms with Crippen LogP contribution in [-0.4, -0.2) is 146 Å². The molecule has 0 atom stereocenters. The minimum Gasteiger partial charge on any atom is -0.280 e. The van der Waals surface area contributed by atoms with Gasteiger partial charge in [0.25, 0.3) is 40.1 Å². The van der Waals surface area contributed by atoms with Crippen LogP contribution < -0.4 is 36.1 Å². The van der Waals surface area contributed by atoms with Gasteiger partial charge in [0.05, 0.1) is 119 Å². The van der Waals surface area contributed by atoms with E-state index in [4.69, 9.17) is 81.2 Å². The summed E-state index contributed by atoms with van der Waals surface area (Å²) < 4.78 is 222. The molecular formula is C102H91Cl7N14O16S8. The Balaban J connectivity index is 0.000000134. The number of sulfonamides is 8. The third kappa shape index (κ3) is 25.0. The summed E-state index contributed by atoms with van der Waals surface area (Å²) in [4.78, 5) is 26.3. The number of rotatable bonds is 20. The number of para-hydroxylation sites is 2. The van der Waals surface area contributed by atoms with Gasteiger partial charge in [-0.15, -0.1) is 0 Å². The van der Waals surface area contributed by atoms with Crippen LogP contribution in [0.25, 0.3) is 88.6 Å². The van der Waals surface area contributed by atoms with E-state index in [-0.39, 0.29) is 74.7 Å². The monoisotopic (exact) mass is 2270 g/mol. The fourth-order valence-electron chi connectivity index (χ4n) is 17.1. The number of aromatic nitrogens is 6. The van der Waals surface area contributed by atoms with Gasteiger partial charge in [-0.2, -0.15) is 0 Å². The topological polar surface area (TPSA) is 412 Å². The van der Waals surface area contributed by atoms with Crippen molar-refractivity contribution in [3.63, 3.8) is 0 Å². The summed E-state index contributed by atoms with van der Waals surface area (Å²) in [6.45, 7) is 1.38. The smallest absolute Gasteiger partial charge is 0.263 e. The van der Waals surface area contributed by atoms with Gasteiger partial charge in [0, 0.05) is 118 Å². The van der Waals surface area contributed by atoms with Gasteiger partial charge in [0.2, 0.25) is 40.1 Å². The average molecular weight is 2270 g/mol. The zero-order chi connectivity index (χ0) is 104. The lowest BCUT2D eigenvalue weighted by molar-refractivity contribution is 0.591. The average Bonchev–Trinajstić information content (AvgIpc) is 1.53. The lowest BCUT2D eigenvalue weighted by Gasteiger charge is -2.23. The zero-order valence-electron chi connectivity index (χ0n) is 77.7. The highest BCUT2D eigenvalue weighted by molar-refractivity contribution is 7.95. The van der Waals surface area contributed by atoms with Gasteiger partial charge >= 0.3 is 0 Å². The molecule has 4 saturated heterocycles. The highest BCUT2D eigenvalue weighted by Gasteiger charge is 2.34. The van der Waals surface area contributed by atoms with Crippen LogP contribution in [0, 0.1) is 0 Å². The van der Waals surface area contributed by atoms with E-state index in [0.717, 1.165) is 94.8 Å². The summed E-state index contributed by atoms with van der Waals surface area (Å²) in [6.07, 6.45) is 15.4. The van der Waals surface area contributed by atoms with Crippen LogP contribution >= 0.6 is 81.2 Å². The molecule has 5 aromatic heterocycles. The molecule has 20 rings (SSSR count). The third-order valence-corrected chi connectivity index (χ3v) is 40.3. The Morgan fingerprint density at radius 3 is 1.07 bits per heavy atom. The summed E-state index contributed by atoms with van der Waals surface area (Å²) in [6, 6.07) is 71.3. The number of fused-ring (bicyclic) bond motifs is 4. The van der Waals surface area contributed by atoms with Crippen molar-refractivity contribution >= 4 is 250 Å². The van der Waals surface area contributed by atoms with Crippen molar-refractivity contribution in [1.29, 1.82) is 0 Å². The number of hydrogen-bond acceptors (Lipinski definition) is 22. The number of nitrogens with zero attached hydrogens (tertiary/aromatic N) is 10. The summed E-state index contributed by atoms with van der Waals surface area (Å²) in [5, 5.41) is 5.99. The largest absolute Gasteiger partial charge is 0.280 e. The van der Waals surface area contributed by atoms with Crippen LogP contribution in [0.1, 0.15) is 77.0 Å². The second-order valence-electron chi connectivity index (χ2n) is 34.6. The molecule has 4 fully saturated rings. The summed E-state index contributed by atoms with van der Waals surface area (Å²) in [5.74, 6) is 0.599. The van der Waals surface area contributed by atoms with Gasteiger partial charge in [-0.3, -0.25) is 46.1 Å². The molecule has 0 unspecified atom stereocenters. The molecule has 4 N–H and O–H groups in total. The summed E-state index contributed by atoms with van der Waals surface area (Å²) in [5.41, 5.74) is 8.91. The maximum absolute atomic E-state index is 13.3. The van der Waals surface area contributed by atoms with E-state index in [0.29, 0.717) is 146 Å². The Morgan fingerprint density at radius 2 is 0.626 bits per heavy atom. The van der Waals surface area contributed by atoms with E-state index in [9.17, 15) is 67.3 Å². The quantitative estimate of drug-likeness (QED) is 0.0550. The lowest BCUT2D eigenvalue weighted by atomic mass is 10.0. The van der Waals surface area contributed by atoms with E-state index in [1.165, 1.54) is 102 Å². The van der Waals surface area contributed by atoms with Gasteiger partial charge in [-0.1, -0.05) is 174 Å². The van der Waals surface area contributed by atoms with Gasteiger partial charge < -0.3 is 0 Å². The first-order valence-electron chi connectivity index (χ1n) is 46.1. The normalized spacial score (nSPS) is 15.9. The summed E-state index contributed by atoms with van der Waals surface area (Å²) in [7, 11) is -30.1. The van der Waals surface area contributed by atoms with Crippen LogP contribution in [0.3, 0.4) is 0 Å². The number of benzene rings is 11. The molecule has 30 nitrogen and oxygen atoms in total. The van der Waals surface area contributed by atoms with Crippen LogP contribution in [-0.2, 0) is 80.2 Å². The molecule has 0 saturated carbocycles. The lowest BCUT2D eigenvalue weighted by Crippen LogP contribution is -2.32. The van der Waals surface area contributed by atoms with Gasteiger partial charge in [-0.25, -0.2) is 87.3 Å². The minimum atomic E-state index is -4.11. The number of pyridine rings is 4. The van der Waals surface area contributed by atoms with Crippen molar-refractivity contribution in [2.75, 3.05) is 85.3 Å². The van der Waals surface area contributed by atoms with Crippen molar-refractivity contribution in [3.05, 3.63) is 321 Å². The second kappa shape index (κ2) is 44.9. The van der Waals surface area contributed by atoms with E-state index in [2.05, 4.69) is 48.8 Å². The molecule has 45 heteroatoms. The van der Waals surface area contributed by atoms with Crippen LogP contribution in [0.2, 0.25) is 35.2 Å². The molecule has 0 radical (unpaired) electrons. The maximum atomic E-state index is 13.3. The Bertz CT molecular complexity index is 8530. The molecular weight excluding hydrogens is 2180 g/mol. The molecule has 16 aromatic rings. The standard InChI is InChI=1S/2C26H23Cl2N3O4S2.C25H22Cl2N4O4S2.C25H23ClN4O4S2/c27-22-11-9-19(16-21(22)25-12-8-18-6-2-3-7-24(18)29-25)30-37(34,35)26-13-10-20(17-23(26)28)31-14-4-1-5-15-36(31,32)33;27-23-10-8-19(16-22(23)26-21-7-3-2-6-18(21)12-13-29-26)30-37(34,35)25-11-9-20(17-24(25)28)31-14-4-1-5-15-36(31,32)33;26-21-10-8-18(14-20(21)25-28-16-17-6-2-3-7-23(17)29-25)30-37(34,35)24-11-9-19(15-22(24)27)31-12-4-1-5-13-36(31,32)33;26-23-10-5-19(16-22(23)25-11-4-18-17-27-13-12-24(18)28-25)29-36(33,34)21-8-6-20(7-9-21)30-14-2-1-3-15-35(30,31)32/h2*2-3,6-13,16-17,30H,1,4-5,14-15H2;2-3,6-11,14-16,30H,1,4-5,12-13H2;4-13,16-17,29H,1-3,14-15H2. The van der Waals surface area contributed by atoms with E-state index >= 15 is 0 Å². The Hall–Kier alpha value is -11.8. The molecule has 9 heterocycles. The van der Waals surface area contributed by atoms with Gasteiger partial charge in [0.1, 0.15) is 14.7 Å². The zero-order valence-corrected chi connectivity index (χ0v) is 89.5. The van der Waals surface area contributed by atoms with E-state index in [1.807, 2.05) is 97.1 Å². The first-order valence-corrected chi connectivity index (χ1v) is 61.1. The number of anilines is 8. The molecule has 147 heavy (non-hydrogen) atoms. The Kier molecular flexibility index (Phi) is 32.5. The first-order chi connectivity index (χ1) is 70.2. The Morgan fingerprint density at radius 1 is 0.272 bits per heavy atom. The fraction of sp³-hybridized carbons (Fsp3) is 0.196. The minimum absolute atomic E-state index is 0.0197. The molecule has 0 amide bonds. The van der Waals surface area contributed by atoms with Gasteiger partial charge in [-0.05, 0) is 251 Å². The van der Waals surface area contributed by atoms with Crippen LogP contribution in [0.4, 0.5) is 45.5 Å². The molecule has 11 aromatic carbocycles. The van der Waals surface area contributed by atoms with Crippen LogP contribution in [0.5, 0.6) is 0 Å². The molecule has 0 spiro atoms. The molecule has 4 aliphatic rings. The van der Waals surface area contributed by atoms with E-state index < -0.39 is 80.2 Å². The predicted molar refractivity (Wildman–Crippen MR) is 588 cm³/mol. The van der Waals surface area contributed by atoms with Crippen LogP contribution in [0.15, 0.2) is 305 Å². The second-order valence-corrected chi connectivity index (χ2v) is 52.2. The number of nitrogens with one attached hydrogen (secondary N) is 4. The van der Waals surface area contributed by atoms with Crippen molar-refractivity contribution < 1.29 is 67.3 Å². The van der Waals surface area contributed by atoms with Crippen molar-refractivity contribution in [1.82, 2.24) is 29.9 Å². The van der Waals surface area contributed by atoms with Crippen molar-refractivity contribution in [2.45, 2.75) is 96.6 Å². The van der Waals surface area contributed by atoms with E-state index in [1.54, 1.807) is 104 Å². The van der Waals surface area contributed by atoms with Crippen molar-refractivity contribution in [3.8, 4) is 45.2 Å². The molecule has 4 aliphatic heterocycles. The fourth-order valence-corrected chi connectivity index (χ4v) is 30.3. The highest BCUT2D eigenvalue weighted by Crippen LogP contribution is 2.42. The van der Waals surface area contributed by atoms with Gasteiger partial charge in [0.15, 0.2) is 5.82 Å². The number of halogens is 7. The predicted octanol–water partition coefficient (Wildman–Crippen LogP) is 23.5. The summed E-state index contributed by atoms with van der Waals surface area (Å²) >= 11 is 44.8. The SMILES string of the molecule is O=S(=O)(Nc1ccc(Cl)c(-c2ccc3ccccc3n2)c1)c1ccc(N2CCCCCS2(=O)=O)cc1Cl.O=S(=O)(Nc1ccc(Cl)c(-c2ccc3cnccc3n2)c1)c1ccc(N2CCCCCS2(=O)=O)cc1.O=S(=O)(Nc1ccc(Cl)c(-c2ncc3ccccc3n2)c1)c1ccc(N2CCCCCS2(=O)=O)cc1Cl.O=S(=O)(Nc1ccc(Cl)c(-c2nccc3ccccc23)c1)c1ccc(N2CCCCCS2(=O)=O)cc1Cl. The molecule has 0 bridgehead atoms. The maximum Gasteiger partial charge on any atom is 0.263 e. The highest BCUT2D eigenvalue weighted by atomic mass is 35.5. The Labute approximate surface area is 887 Å².